The second kappa shape index (κ2) is 4.76. The highest BCUT2D eigenvalue weighted by atomic mass is 35.5. The van der Waals surface area contributed by atoms with Gasteiger partial charge in [-0.25, -0.2) is 4.98 Å². The van der Waals surface area contributed by atoms with Crippen molar-refractivity contribution < 1.29 is 0 Å². The molecular weight excluding hydrogens is 240 g/mol. The number of nitrogens with zero attached hydrogens (tertiary/aromatic N) is 1. The maximum Gasteiger partial charge on any atom is 0.130 e. The summed E-state index contributed by atoms with van der Waals surface area (Å²) >= 11 is 7.38. The average Bonchev–Trinajstić information content (AvgIpc) is 2.27. The Morgan fingerprint density at radius 2 is 1.94 bits per heavy atom. The number of nitrogen functional groups attached to an aromatic ring is 1. The predicted octanol–water partition coefficient (Wildman–Crippen LogP) is 3.78. The molecule has 0 spiro atoms. The molecule has 1 aromatic heterocycles. The molecule has 0 aliphatic carbocycles. The number of pyridine rings is 1. The fourth-order valence-corrected chi connectivity index (χ4v) is 2.40. The number of halogens is 1. The molecule has 1 heterocycles. The molecule has 0 aliphatic heterocycles. The SMILES string of the molecule is Cc1ccccc1Sc1nc(Cl)ccc1N. The van der Waals surface area contributed by atoms with Gasteiger partial charge in [-0.05, 0) is 30.7 Å². The number of rotatable bonds is 2. The number of aromatic nitrogens is 1. The molecule has 0 saturated heterocycles. The first kappa shape index (κ1) is 11.3. The van der Waals surface area contributed by atoms with Crippen molar-refractivity contribution in [3.8, 4) is 0 Å². The Bertz CT molecular complexity index is 514. The van der Waals surface area contributed by atoms with E-state index in [1.807, 2.05) is 18.2 Å². The third-order valence-electron chi connectivity index (χ3n) is 2.16. The summed E-state index contributed by atoms with van der Waals surface area (Å²) in [4.78, 5) is 5.36. The number of nitrogens with two attached hydrogens (primary N) is 1. The summed E-state index contributed by atoms with van der Waals surface area (Å²) < 4.78 is 0. The fraction of sp³-hybridized carbons (Fsp3) is 0.0833. The molecule has 2 N–H and O–H groups in total. The van der Waals surface area contributed by atoms with Gasteiger partial charge in [0, 0.05) is 4.90 Å². The maximum atomic E-state index is 5.85. The zero-order valence-corrected chi connectivity index (χ0v) is 10.3. The Kier molecular flexibility index (Phi) is 3.36. The van der Waals surface area contributed by atoms with Crippen molar-refractivity contribution in [2.75, 3.05) is 5.73 Å². The zero-order chi connectivity index (χ0) is 11.5. The Morgan fingerprint density at radius 3 is 2.69 bits per heavy atom. The summed E-state index contributed by atoms with van der Waals surface area (Å²) in [6.07, 6.45) is 0. The molecule has 1 aromatic carbocycles. The van der Waals surface area contributed by atoms with E-state index in [1.165, 1.54) is 17.3 Å². The molecule has 0 saturated carbocycles. The Labute approximate surface area is 104 Å². The first-order valence-corrected chi connectivity index (χ1v) is 6.02. The minimum Gasteiger partial charge on any atom is -0.397 e. The van der Waals surface area contributed by atoms with Gasteiger partial charge in [-0.2, -0.15) is 0 Å². The van der Waals surface area contributed by atoms with Crippen LogP contribution in [0.1, 0.15) is 5.56 Å². The minimum atomic E-state index is 0.463. The Balaban J connectivity index is 2.34. The highest BCUT2D eigenvalue weighted by molar-refractivity contribution is 7.99. The molecule has 4 heteroatoms. The largest absolute Gasteiger partial charge is 0.397 e. The smallest absolute Gasteiger partial charge is 0.130 e. The molecule has 0 unspecified atom stereocenters. The van der Waals surface area contributed by atoms with Gasteiger partial charge < -0.3 is 5.73 Å². The van der Waals surface area contributed by atoms with E-state index in [1.54, 1.807) is 12.1 Å². The van der Waals surface area contributed by atoms with Crippen LogP contribution in [0.5, 0.6) is 0 Å². The summed E-state index contributed by atoms with van der Waals surface area (Å²) in [5.41, 5.74) is 7.70. The van der Waals surface area contributed by atoms with Gasteiger partial charge in [0.05, 0.1) is 5.69 Å². The van der Waals surface area contributed by atoms with Crippen molar-refractivity contribution in [3.63, 3.8) is 0 Å². The third-order valence-corrected chi connectivity index (χ3v) is 3.56. The van der Waals surface area contributed by atoms with Gasteiger partial charge in [0.25, 0.3) is 0 Å². The van der Waals surface area contributed by atoms with Gasteiger partial charge in [0.15, 0.2) is 0 Å². The second-order valence-corrected chi connectivity index (χ2v) is 4.81. The summed E-state index contributed by atoms with van der Waals surface area (Å²) in [6, 6.07) is 11.6. The summed E-state index contributed by atoms with van der Waals surface area (Å²) in [5, 5.41) is 1.21. The number of hydrogen-bond acceptors (Lipinski definition) is 3. The molecule has 0 fully saturated rings. The van der Waals surface area contributed by atoms with Gasteiger partial charge in [-0.3, -0.25) is 0 Å². The van der Waals surface area contributed by atoms with Gasteiger partial charge in [-0.1, -0.05) is 41.6 Å². The molecule has 2 rings (SSSR count). The van der Waals surface area contributed by atoms with Crippen molar-refractivity contribution >= 4 is 29.1 Å². The van der Waals surface area contributed by atoms with E-state index in [4.69, 9.17) is 17.3 Å². The van der Waals surface area contributed by atoms with Crippen LogP contribution in [0.15, 0.2) is 46.3 Å². The molecule has 0 atom stereocenters. The van der Waals surface area contributed by atoms with E-state index >= 15 is 0 Å². The van der Waals surface area contributed by atoms with Crippen LogP contribution in [0.2, 0.25) is 5.15 Å². The monoisotopic (exact) mass is 250 g/mol. The van der Waals surface area contributed by atoms with Gasteiger partial charge in [0.2, 0.25) is 0 Å². The number of anilines is 1. The number of hydrogen-bond donors (Lipinski definition) is 1. The zero-order valence-electron chi connectivity index (χ0n) is 8.77. The van der Waals surface area contributed by atoms with E-state index in [9.17, 15) is 0 Å². The van der Waals surface area contributed by atoms with Crippen LogP contribution < -0.4 is 5.73 Å². The molecule has 82 valence electrons. The summed E-state index contributed by atoms with van der Waals surface area (Å²) in [5.74, 6) is 0. The fourth-order valence-electron chi connectivity index (χ4n) is 1.29. The molecule has 2 nitrogen and oxygen atoms in total. The van der Waals surface area contributed by atoms with E-state index in [-0.39, 0.29) is 0 Å². The van der Waals surface area contributed by atoms with Gasteiger partial charge in [-0.15, -0.1) is 0 Å². The highest BCUT2D eigenvalue weighted by Crippen LogP contribution is 2.32. The molecule has 0 amide bonds. The molecule has 2 aromatic rings. The van der Waals surface area contributed by atoms with Crippen molar-refractivity contribution in [1.82, 2.24) is 4.98 Å². The topological polar surface area (TPSA) is 38.9 Å². The lowest BCUT2D eigenvalue weighted by Gasteiger charge is -2.06. The van der Waals surface area contributed by atoms with Crippen molar-refractivity contribution in [2.24, 2.45) is 0 Å². The van der Waals surface area contributed by atoms with E-state index in [0.29, 0.717) is 10.8 Å². The first-order chi connectivity index (χ1) is 7.66. The van der Waals surface area contributed by atoms with Crippen LogP contribution in [-0.2, 0) is 0 Å². The third kappa shape index (κ3) is 2.49. The molecule has 0 aliphatic rings. The lowest BCUT2D eigenvalue weighted by atomic mass is 10.2. The second-order valence-electron chi connectivity index (χ2n) is 3.40. The normalized spacial score (nSPS) is 10.4. The van der Waals surface area contributed by atoms with Crippen LogP contribution in [0.25, 0.3) is 0 Å². The van der Waals surface area contributed by atoms with Crippen molar-refractivity contribution in [1.29, 1.82) is 0 Å². The number of benzene rings is 1. The lowest BCUT2D eigenvalue weighted by Crippen LogP contribution is -1.92. The molecule has 0 bridgehead atoms. The molecule has 0 radical (unpaired) electrons. The number of aryl methyl sites for hydroxylation is 1. The lowest BCUT2D eigenvalue weighted by molar-refractivity contribution is 1.14. The van der Waals surface area contributed by atoms with E-state index in [0.717, 1.165) is 9.92 Å². The van der Waals surface area contributed by atoms with Crippen molar-refractivity contribution in [2.45, 2.75) is 16.8 Å². The molecule has 16 heavy (non-hydrogen) atoms. The van der Waals surface area contributed by atoms with Crippen LogP contribution in [0.3, 0.4) is 0 Å². The van der Waals surface area contributed by atoms with Crippen LogP contribution in [0, 0.1) is 6.92 Å². The van der Waals surface area contributed by atoms with Crippen LogP contribution in [-0.4, -0.2) is 4.98 Å². The average molecular weight is 251 g/mol. The Hall–Kier alpha value is -1.19. The highest BCUT2D eigenvalue weighted by Gasteiger charge is 2.06. The van der Waals surface area contributed by atoms with E-state index in [2.05, 4.69) is 18.0 Å². The van der Waals surface area contributed by atoms with Crippen molar-refractivity contribution in [3.05, 3.63) is 47.1 Å². The first-order valence-electron chi connectivity index (χ1n) is 4.82. The quantitative estimate of drug-likeness (QED) is 0.825. The van der Waals surface area contributed by atoms with E-state index < -0.39 is 0 Å². The summed E-state index contributed by atoms with van der Waals surface area (Å²) in [7, 11) is 0. The molecular formula is C12H11ClN2S. The van der Waals surface area contributed by atoms with Gasteiger partial charge in [0.1, 0.15) is 10.2 Å². The van der Waals surface area contributed by atoms with Gasteiger partial charge >= 0.3 is 0 Å². The van der Waals surface area contributed by atoms with Crippen LogP contribution >= 0.6 is 23.4 Å². The minimum absolute atomic E-state index is 0.463. The predicted molar refractivity (Wildman–Crippen MR) is 69.0 cm³/mol. The summed E-state index contributed by atoms with van der Waals surface area (Å²) in [6.45, 7) is 2.06. The Morgan fingerprint density at radius 1 is 1.19 bits per heavy atom. The standard InChI is InChI=1S/C12H11ClN2S/c1-8-4-2-3-5-10(8)16-12-9(14)6-7-11(13)15-12/h2-7H,14H2,1H3. The van der Waals surface area contributed by atoms with Crippen LogP contribution in [0.4, 0.5) is 5.69 Å². The maximum absolute atomic E-state index is 5.85.